The Balaban J connectivity index is 2.22. The van der Waals surface area contributed by atoms with Crippen LogP contribution in [0.15, 0.2) is 31.9 Å². The van der Waals surface area contributed by atoms with Gasteiger partial charge >= 0.3 is 0 Å². The van der Waals surface area contributed by atoms with Crippen LogP contribution >= 0.6 is 39.2 Å². The molecular weight excluding hydrogens is 330 g/mol. The quantitative estimate of drug-likeness (QED) is 0.897. The molecule has 0 aliphatic carbocycles. The fourth-order valence-electron chi connectivity index (χ4n) is 1.49. The fraction of sp³-hybridized carbons (Fsp3) is 0.333. The van der Waals surface area contributed by atoms with Gasteiger partial charge in [-0.15, -0.1) is 0 Å². The highest BCUT2D eigenvalue weighted by Gasteiger charge is 2.08. The Morgan fingerprint density at radius 3 is 2.94 bits per heavy atom. The first-order valence-corrected chi connectivity index (χ1v) is 8.04. The van der Waals surface area contributed by atoms with Crippen LogP contribution in [0, 0.1) is 0 Å². The molecule has 0 fully saturated rings. The zero-order valence-electron chi connectivity index (χ0n) is 10.2. The maximum atomic E-state index is 4.49. The van der Waals surface area contributed by atoms with Crippen molar-refractivity contribution in [2.75, 3.05) is 7.05 Å². The molecule has 0 amide bonds. The van der Waals surface area contributed by atoms with E-state index in [0.29, 0.717) is 0 Å². The normalized spacial score (nSPS) is 10.8. The summed E-state index contributed by atoms with van der Waals surface area (Å²) in [6, 6.07) is 6.32. The van der Waals surface area contributed by atoms with Gasteiger partial charge in [0.25, 0.3) is 0 Å². The van der Waals surface area contributed by atoms with Crippen LogP contribution in [-0.2, 0) is 13.0 Å². The summed E-state index contributed by atoms with van der Waals surface area (Å²) in [6.45, 7) is 2.92. The average molecular weight is 344 g/mol. The smallest absolute Gasteiger partial charge is 0.174 e. The Morgan fingerprint density at radius 2 is 2.28 bits per heavy atom. The second kappa shape index (κ2) is 6.65. The molecule has 0 unspecified atom stereocenters. The summed E-state index contributed by atoms with van der Waals surface area (Å²) in [4.78, 5) is 5.71. The number of nitrogens with zero attached hydrogens (tertiary/aromatic N) is 2. The first-order chi connectivity index (χ1) is 8.72. The monoisotopic (exact) mass is 343 g/mol. The summed E-state index contributed by atoms with van der Waals surface area (Å²) in [5.74, 6) is 0.926. The maximum absolute atomic E-state index is 4.49. The van der Waals surface area contributed by atoms with Gasteiger partial charge in [0.05, 0.1) is 0 Å². The molecule has 3 nitrogen and oxygen atoms in total. The van der Waals surface area contributed by atoms with Crippen molar-refractivity contribution < 1.29 is 0 Å². The van der Waals surface area contributed by atoms with Gasteiger partial charge in [0.15, 0.2) is 4.34 Å². The van der Waals surface area contributed by atoms with Crippen molar-refractivity contribution in [3.8, 4) is 0 Å². The molecule has 2 aromatic rings. The molecule has 0 bridgehead atoms. The van der Waals surface area contributed by atoms with Crippen molar-refractivity contribution in [1.29, 1.82) is 0 Å². The van der Waals surface area contributed by atoms with E-state index in [-0.39, 0.29) is 0 Å². The number of hydrogen-bond donors (Lipinski definition) is 1. The molecule has 0 saturated heterocycles. The van der Waals surface area contributed by atoms with Gasteiger partial charge in [-0.2, -0.15) is 4.37 Å². The van der Waals surface area contributed by atoms with Crippen LogP contribution in [0.5, 0.6) is 0 Å². The van der Waals surface area contributed by atoms with Crippen LogP contribution in [0.3, 0.4) is 0 Å². The fourth-order valence-corrected chi connectivity index (χ4v) is 3.67. The van der Waals surface area contributed by atoms with Crippen molar-refractivity contribution >= 4 is 39.2 Å². The minimum atomic E-state index is 0.848. The number of rotatable bonds is 5. The molecule has 6 heteroatoms. The molecule has 2 rings (SSSR count). The van der Waals surface area contributed by atoms with Gasteiger partial charge in [-0.05, 0) is 42.3 Å². The van der Waals surface area contributed by atoms with Gasteiger partial charge in [0.2, 0.25) is 0 Å². The molecule has 0 atom stereocenters. The lowest BCUT2D eigenvalue weighted by atomic mass is 10.2. The average Bonchev–Trinajstić information content (AvgIpc) is 2.81. The lowest BCUT2D eigenvalue weighted by Crippen LogP contribution is -2.06. The standard InChI is InChI=1S/C12H14BrN3S2/c1-3-11-15-12(18-16-11)17-10-5-4-9(13)6-8(10)7-14-2/h4-6,14H,3,7H2,1-2H3. The van der Waals surface area contributed by atoms with E-state index in [0.717, 1.165) is 27.6 Å². The summed E-state index contributed by atoms with van der Waals surface area (Å²) in [6.07, 6.45) is 0.890. The molecule has 0 spiro atoms. The molecule has 1 aromatic carbocycles. The van der Waals surface area contributed by atoms with E-state index in [1.165, 1.54) is 22.0 Å². The van der Waals surface area contributed by atoms with Crippen LogP contribution < -0.4 is 5.32 Å². The minimum Gasteiger partial charge on any atom is -0.316 e. The number of aryl methyl sites for hydroxylation is 1. The van der Waals surface area contributed by atoms with Crippen molar-refractivity contribution in [3.05, 3.63) is 34.1 Å². The molecule has 0 aliphatic heterocycles. The predicted octanol–water partition coefficient (Wildman–Crippen LogP) is 3.73. The molecule has 1 aromatic heterocycles. The first-order valence-electron chi connectivity index (χ1n) is 5.66. The van der Waals surface area contributed by atoms with Crippen molar-refractivity contribution in [1.82, 2.24) is 14.7 Å². The number of hydrogen-bond acceptors (Lipinski definition) is 5. The molecule has 0 radical (unpaired) electrons. The van der Waals surface area contributed by atoms with Gasteiger partial charge in [-0.1, -0.05) is 34.6 Å². The van der Waals surface area contributed by atoms with E-state index < -0.39 is 0 Å². The van der Waals surface area contributed by atoms with Gasteiger partial charge < -0.3 is 5.32 Å². The van der Waals surface area contributed by atoms with E-state index in [1.54, 1.807) is 11.8 Å². The zero-order chi connectivity index (χ0) is 13.0. The SMILES string of the molecule is CCc1nsc(Sc2ccc(Br)cc2CNC)n1. The Bertz CT molecular complexity index is 528. The third kappa shape index (κ3) is 3.54. The van der Waals surface area contributed by atoms with E-state index in [2.05, 4.69) is 55.7 Å². The van der Waals surface area contributed by atoms with Crippen molar-refractivity contribution in [2.24, 2.45) is 0 Å². The van der Waals surface area contributed by atoms with Gasteiger partial charge in [0, 0.05) is 22.3 Å². The molecule has 96 valence electrons. The van der Waals surface area contributed by atoms with Crippen LogP contribution in [0.25, 0.3) is 0 Å². The highest BCUT2D eigenvalue weighted by Crippen LogP contribution is 2.33. The van der Waals surface area contributed by atoms with E-state index in [4.69, 9.17) is 0 Å². The van der Waals surface area contributed by atoms with Crippen molar-refractivity contribution in [2.45, 2.75) is 29.1 Å². The number of aromatic nitrogens is 2. The molecule has 1 heterocycles. The van der Waals surface area contributed by atoms with Gasteiger partial charge in [-0.25, -0.2) is 4.98 Å². The minimum absolute atomic E-state index is 0.848. The predicted molar refractivity (Wildman–Crippen MR) is 80.3 cm³/mol. The summed E-state index contributed by atoms with van der Waals surface area (Å²) < 4.78 is 6.42. The molecule has 18 heavy (non-hydrogen) atoms. The van der Waals surface area contributed by atoms with E-state index in [9.17, 15) is 0 Å². The highest BCUT2D eigenvalue weighted by atomic mass is 79.9. The first kappa shape index (κ1) is 14.0. The second-order valence-corrected chi connectivity index (χ2v) is 6.67. The molecule has 0 saturated carbocycles. The summed E-state index contributed by atoms with van der Waals surface area (Å²) >= 11 is 6.66. The van der Waals surface area contributed by atoms with E-state index >= 15 is 0 Å². The third-order valence-electron chi connectivity index (χ3n) is 2.35. The van der Waals surface area contributed by atoms with Crippen molar-refractivity contribution in [3.63, 3.8) is 0 Å². The molecule has 1 N–H and O–H groups in total. The highest BCUT2D eigenvalue weighted by molar-refractivity contribution is 9.10. The largest absolute Gasteiger partial charge is 0.316 e. The lowest BCUT2D eigenvalue weighted by Gasteiger charge is -2.07. The zero-order valence-corrected chi connectivity index (χ0v) is 13.5. The van der Waals surface area contributed by atoms with Gasteiger partial charge in [-0.3, -0.25) is 0 Å². The third-order valence-corrected chi connectivity index (χ3v) is 4.75. The van der Waals surface area contributed by atoms with Crippen LogP contribution in [0.1, 0.15) is 18.3 Å². The summed E-state index contributed by atoms with van der Waals surface area (Å²) in [7, 11) is 1.95. The van der Waals surface area contributed by atoms with Crippen LogP contribution in [0.2, 0.25) is 0 Å². The molecule has 0 aliphatic rings. The topological polar surface area (TPSA) is 37.8 Å². The number of nitrogens with one attached hydrogen (secondary N) is 1. The van der Waals surface area contributed by atoms with E-state index in [1.807, 2.05) is 7.05 Å². The van der Waals surface area contributed by atoms with Crippen LogP contribution in [0.4, 0.5) is 0 Å². The summed E-state index contributed by atoms with van der Waals surface area (Å²) in [5.41, 5.74) is 1.27. The van der Waals surface area contributed by atoms with Crippen LogP contribution in [-0.4, -0.2) is 16.4 Å². The number of benzene rings is 1. The Hall–Kier alpha value is -0.430. The Labute approximate surface area is 124 Å². The second-order valence-electron chi connectivity index (χ2n) is 3.71. The number of halogens is 1. The Kier molecular flexibility index (Phi) is 5.17. The lowest BCUT2D eigenvalue weighted by molar-refractivity contribution is 0.802. The Morgan fingerprint density at radius 1 is 1.44 bits per heavy atom. The summed E-state index contributed by atoms with van der Waals surface area (Å²) in [5, 5.41) is 3.19. The van der Waals surface area contributed by atoms with Gasteiger partial charge in [0.1, 0.15) is 5.82 Å². The molecular formula is C12H14BrN3S2. The maximum Gasteiger partial charge on any atom is 0.174 e.